The Labute approximate surface area is 126 Å². The second-order valence-electron chi connectivity index (χ2n) is 6.83. The molecule has 0 N–H and O–H groups in total. The second-order valence-corrected chi connectivity index (χ2v) is 6.83. The van der Waals surface area contributed by atoms with Gasteiger partial charge in [-0.25, -0.2) is 0 Å². The summed E-state index contributed by atoms with van der Waals surface area (Å²) in [6, 6.07) is 8.05. The first-order valence-electron chi connectivity index (χ1n) is 7.41. The molecule has 2 aliphatic rings. The van der Waals surface area contributed by atoms with E-state index in [9.17, 15) is 0 Å². The molecule has 1 aliphatic heterocycles. The van der Waals surface area contributed by atoms with E-state index in [4.69, 9.17) is 14.6 Å². The van der Waals surface area contributed by atoms with Gasteiger partial charge in [0.2, 0.25) is 0 Å². The van der Waals surface area contributed by atoms with Crippen molar-refractivity contribution >= 4 is 13.2 Å². The summed E-state index contributed by atoms with van der Waals surface area (Å²) in [4.78, 5) is 0. The van der Waals surface area contributed by atoms with Gasteiger partial charge < -0.3 is 9.31 Å². The first-order chi connectivity index (χ1) is 9.82. The van der Waals surface area contributed by atoms with Crippen LogP contribution in [0.2, 0.25) is 0 Å². The standard InChI is InChI=1S/C17H20BNO2/c1-16(2)17(3,4)21-18(20-16)15-8-7-13-9-12(11-19)5-6-14(13)10-15/h5-6,9-10H,7-8H2,1-4H3. The quantitative estimate of drug-likeness (QED) is 0.740. The summed E-state index contributed by atoms with van der Waals surface area (Å²) in [6.45, 7) is 8.29. The molecule has 0 saturated carbocycles. The van der Waals surface area contributed by atoms with Crippen molar-refractivity contribution in [2.75, 3.05) is 0 Å². The van der Waals surface area contributed by atoms with Crippen molar-refractivity contribution < 1.29 is 9.31 Å². The van der Waals surface area contributed by atoms with Crippen LogP contribution < -0.4 is 0 Å². The van der Waals surface area contributed by atoms with Crippen LogP contribution in [0.1, 0.15) is 50.8 Å². The molecule has 0 unspecified atom stereocenters. The number of nitriles is 1. The number of aryl methyl sites for hydroxylation is 1. The second kappa shape index (κ2) is 4.73. The van der Waals surface area contributed by atoms with Gasteiger partial charge in [-0.15, -0.1) is 0 Å². The van der Waals surface area contributed by atoms with E-state index in [-0.39, 0.29) is 18.3 Å². The third-order valence-corrected chi connectivity index (χ3v) is 4.85. The topological polar surface area (TPSA) is 42.2 Å². The van der Waals surface area contributed by atoms with Gasteiger partial charge in [0, 0.05) is 0 Å². The fourth-order valence-corrected chi connectivity index (χ4v) is 2.76. The van der Waals surface area contributed by atoms with Crippen molar-refractivity contribution in [1.82, 2.24) is 0 Å². The minimum Gasteiger partial charge on any atom is -0.400 e. The van der Waals surface area contributed by atoms with Crippen LogP contribution in [0.25, 0.3) is 6.08 Å². The van der Waals surface area contributed by atoms with Crippen LogP contribution in [-0.2, 0) is 15.7 Å². The molecule has 0 amide bonds. The van der Waals surface area contributed by atoms with Crippen LogP contribution in [0.3, 0.4) is 0 Å². The van der Waals surface area contributed by atoms with E-state index in [0.29, 0.717) is 0 Å². The van der Waals surface area contributed by atoms with E-state index < -0.39 is 0 Å². The molecule has 4 heteroatoms. The Morgan fingerprint density at radius 3 is 2.38 bits per heavy atom. The maximum absolute atomic E-state index is 8.97. The number of rotatable bonds is 1. The van der Waals surface area contributed by atoms with Crippen molar-refractivity contribution in [1.29, 1.82) is 5.26 Å². The average molecular weight is 281 g/mol. The number of hydrogen-bond donors (Lipinski definition) is 0. The zero-order valence-electron chi connectivity index (χ0n) is 13.1. The molecule has 108 valence electrons. The highest BCUT2D eigenvalue weighted by Gasteiger charge is 2.52. The minimum atomic E-state index is -0.302. The van der Waals surface area contributed by atoms with Gasteiger partial charge in [0.1, 0.15) is 0 Å². The third kappa shape index (κ3) is 2.41. The smallest absolute Gasteiger partial charge is 0.400 e. The zero-order valence-corrected chi connectivity index (χ0v) is 13.1. The first kappa shape index (κ1) is 14.4. The Balaban J connectivity index is 1.89. The van der Waals surface area contributed by atoms with Gasteiger partial charge in [-0.3, -0.25) is 0 Å². The van der Waals surface area contributed by atoms with Crippen molar-refractivity contribution in [2.45, 2.75) is 51.7 Å². The highest BCUT2D eigenvalue weighted by Crippen LogP contribution is 2.40. The molecule has 0 radical (unpaired) electrons. The van der Waals surface area contributed by atoms with Gasteiger partial charge in [0.05, 0.1) is 22.8 Å². The van der Waals surface area contributed by atoms with Gasteiger partial charge >= 0.3 is 7.12 Å². The summed E-state index contributed by atoms with van der Waals surface area (Å²) in [5.41, 5.74) is 3.71. The van der Waals surface area contributed by atoms with E-state index in [1.165, 1.54) is 16.6 Å². The van der Waals surface area contributed by atoms with E-state index in [2.05, 4.69) is 39.8 Å². The largest absolute Gasteiger partial charge is 0.490 e. The first-order valence-corrected chi connectivity index (χ1v) is 7.41. The van der Waals surface area contributed by atoms with Gasteiger partial charge in [-0.1, -0.05) is 12.1 Å². The van der Waals surface area contributed by atoms with Crippen LogP contribution >= 0.6 is 0 Å². The Bertz CT molecular complexity index is 639. The normalized spacial score (nSPS) is 22.4. The molecule has 1 aromatic carbocycles. The summed E-state index contributed by atoms with van der Waals surface area (Å²) in [5, 5.41) is 8.97. The lowest BCUT2D eigenvalue weighted by molar-refractivity contribution is 0.00578. The fourth-order valence-electron chi connectivity index (χ4n) is 2.76. The van der Waals surface area contributed by atoms with E-state index >= 15 is 0 Å². The minimum absolute atomic E-state index is 0.265. The van der Waals surface area contributed by atoms with Crippen LogP contribution in [0.5, 0.6) is 0 Å². The summed E-state index contributed by atoms with van der Waals surface area (Å²) in [5.74, 6) is 0. The molecule has 1 heterocycles. The highest BCUT2D eigenvalue weighted by atomic mass is 16.7. The van der Waals surface area contributed by atoms with E-state index in [0.717, 1.165) is 18.4 Å². The molecule has 0 aromatic heterocycles. The van der Waals surface area contributed by atoms with Crippen LogP contribution in [0.4, 0.5) is 0 Å². The molecular formula is C17H20BNO2. The lowest BCUT2D eigenvalue weighted by Gasteiger charge is -2.32. The summed E-state index contributed by atoms with van der Waals surface area (Å²) in [7, 11) is -0.265. The predicted octanol–water partition coefficient (Wildman–Crippen LogP) is 3.52. The number of benzene rings is 1. The van der Waals surface area contributed by atoms with Gasteiger partial charge in [0.25, 0.3) is 0 Å². The maximum Gasteiger partial charge on any atom is 0.490 e. The van der Waals surface area contributed by atoms with Gasteiger partial charge in [-0.2, -0.15) is 5.26 Å². The number of hydrogen-bond acceptors (Lipinski definition) is 3. The Kier molecular flexibility index (Phi) is 3.24. The zero-order chi connectivity index (χ0) is 15.3. The van der Waals surface area contributed by atoms with Gasteiger partial charge in [0.15, 0.2) is 0 Å². The molecule has 3 nitrogen and oxygen atoms in total. The highest BCUT2D eigenvalue weighted by molar-refractivity contribution is 6.55. The maximum atomic E-state index is 8.97. The predicted molar refractivity (Wildman–Crippen MR) is 83.5 cm³/mol. The fraction of sp³-hybridized carbons (Fsp3) is 0.471. The third-order valence-electron chi connectivity index (χ3n) is 4.85. The van der Waals surface area contributed by atoms with Gasteiger partial charge in [-0.05, 0) is 69.3 Å². The molecule has 1 fully saturated rings. The number of nitrogens with zero attached hydrogens (tertiary/aromatic N) is 1. The summed E-state index contributed by atoms with van der Waals surface area (Å²) in [6.07, 6.45) is 4.00. The Morgan fingerprint density at radius 2 is 1.76 bits per heavy atom. The average Bonchev–Trinajstić information content (AvgIpc) is 2.66. The van der Waals surface area contributed by atoms with Crippen molar-refractivity contribution in [3.63, 3.8) is 0 Å². The van der Waals surface area contributed by atoms with Crippen LogP contribution in [0, 0.1) is 11.3 Å². The Hall–Kier alpha value is -1.57. The molecular weight excluding hydrogens is 261 g/mol. The number of allylic oxidation sites excluding steroid dienone is 1. The van der Waals surface area contributed by atoms with Crippen molar-refractivity contribution in [3.8, 4) is 6.07 Å². The molecule has 0 bridgehead atoms. The molecule has 1 aliphatic carbocycles. The SMILES string of the molecule is CC1(C)OB(C2=Cc3ccc(C#N)cc3CC2)OC1(C)C. The molecule has 0 atom stereocenters. The van der Waals surface area contributed by atoms with E-state index in [1.54, 1.807) is 0 Å². The van der Waals surface area contributed by atoms with Crippen LogP contribution in [-0.4, -0.2) is 18.3 Å². The molecule has 21 heavy (non-hydrogen) atoms. The van der Waals surface area contributed by atoms with Crippen molar-refractivity contribution in [2.24, 2.45) is 0 Å². The molecule has 1 aromatic rings. The Morgan fingerprint density at radius 1 is 1.10 bits per heavy atom. The van der Waals surface area contributed by atoms with E-state index in [1.807, 2.05) is 18.2 Å². The van der Waals surface area contributed by atoms with Crippen molar-refractivity contribution in [3.05, 3.63) is 40.4 Å². The molecule has 1 saturated heterocycles. The van der Waals surface area contributed by atoms with Crippen LogP contribution in [0.15, 0.2) is 23.7 Å². The lowest BCUT2D eigenvalue weighted by Crippen LogP contribution is -2.41. The monoisotopic (exact) mass is 281 g/mol. The molecule has 3 rings (SSSR count). The lowest BCUT2D eigenvalue weighted by atomic mass is 9.71. The molecule has 0 spiro atoms. The summed E-state index contributed by atoms with van der Waals surface area (Å²) >= 11 is 0. The number of fused-ring (bicyclic) bond motifs is 1. The summed E-state index contributed by atoms with van der Waals surface area (Å²) < 4.78 is 12.2.